The number of hydrogen-bond donors (Lipinski definition) is 1. The third-order valence-electron chi connectivity index (χ3n) is 4.59. The number of imidazole rings is 1. The van der Waals surface area contributed by atoms with Crippen LogP contribution in [0, 0.1) is 11.8 Å². The normalized spacial score (nSPS) is 27.1. The summed E-state index contributed by atoms with van der Waals surface area (Å²) in [4.78, 5) is 6.85. The lowest BCUT2D eigenvalue weighted by Gasteiger charge is -2.37. The number of aromatic nitrogens is 2. The molecule has 0 saturated heterocycles. The predicted molar refractivity (Wildman–Crippen MR) is 83.5 cm³/mol. The fourth-order valence-corrected chi connectivity index (χ4v) is 3.49. The number of nitrogens with zero attached hydrogens (tertiary/aromatic N) is 3. The summed E-state index contributed by atoms with van der Waals surface area (Å²) in [6.07, 6.45) is 7.95. The lowest BCUT2D eigenvalue weighted by molar-refractivity contribution is 0.156. The van der Waals surface area contributed by atoms with Crippen LogP contribution in [0.4, 0.5) is 0 Å². The smallest absolute Gasteiger partial charge is 0.122 e. The van der Waals surface area contributed by atoms with Crippen molar-refractivity contribution < 1.29 is 0 Å². The van der Waals surface area contributed by atoms with Crippen LogP contribution in [0.5, 0.6) is 0 Å². The first-order chi connectivity index (χ1) is 9.60. The van der Waals surface area contributed by atoms with E-state index in [0.29, 0.717) is 6.04 Å². The Kier molecular flexibility index (Phi) is 5.61. The molecule has 1 aromatic heterocycles. The quantitative estimate of drug-likeness (QED) is 0.866. The fraction of sp³-hybridized carbons (Fsp3) is 0.812. The van der Waals surface area contributed by atoms with Crippen molar-refractivity contribution in [2.45, 2.75) is 45.7 Å². The average Bonchev–Trinajstić information content (AvgIpc) is 2.78. The molecule has 1 fully saturated rings. The molecular weight excluding hydrogens is 248 g/mol. The molecule has 0 amide bonds. The van der Waals surface area contributed by atoms with Gasteiger partial charge in [0.1, 0.15) is 5.82 Å². The van der Waals surface area contributed by atoms with Gasteiger partial charge in [-0.15, -0.1) is 0 Å². The monoisotopic (exact) mass is 278 g/mol. The van der Waals surface area contributed by atoms with Crippen LogP contribution in [0.25, 0.3) is 0 Å². The second-order valence-corrected chi connectivity index (χ2v) is 6.49. The molecule has 114 valence electrons. The van der Waals surface area contributed by atoms with Crippen molar-refractivity contribution in [3.05, 3.63) is 18.2 Å². The molecule has 2 rings (SSSR count). The van der Waals surface area contributed by atoms with Crippen LogP contribution in [-0.2, 0) is 13.6 Å². The van der Waals surface area contributed by atoms with E-state index in [1.54, 1.807) is 0 Å². The summed E-state index contributed by atoms with van der Waals surface area (Å²) in [6.45, 7) is 7.79. The molecule has 0 radical (unpaired) electrons. The predicted octanol–water partition coefficient (Wildman–Crippen LogP) is 2.27. The van der Waals surface area contributed by atoms with E-state index in [9.17, 15) is 0 Å². The molecule has 0 bridgehead atoms. The number of hydrogen-bond acceptors (Lipinski definition) is 3. The molecule has 3 unspecified atom stereocenters. The molecule has 1 aliphatic carbocycles. The van der Waals surface area contributed by atoms with E-state index in [4.69, 9.17) is 0 Å². The van der Waals surface area contributed by atoms with Crippen LogP contribution in [0.3, 0.4) is 0 Å². The highest BCUT2D eigenvalue weighted by Gasteiger charge is 2.28. The SMILES string of the molecule is CCNC1CCC(C)CC1CN(C)Cc1nccn1C. The Labute approximate surface area is 123 Å². The zero-order valence-corrected chi connectivity index (χ0v) is 13.5. The summed E-state index contributed by atoms with van der Waals surface area (Å²) in [5.74, 6) is 2.79. The molecule has 1 saturated carbocycles. The lowest BCUT2D eigenvalue weighted by Crippen LogP contribution is -2.44. The maximum absolute atomic E-state index is 4.42. The average molecular weight is 278 g/mol. The van der Waals surface area contributed by atoms with Crippen molar-refractivity contribution in [1.82, 2.24) is 19.8 Å². The highest BCUT2D eigenvalue weighted by atomic mass is 15.2. The summed E-state index contributed by atoms with van der Waals surface area (Å²) in [5, 5.41) is 3.68. The van der Waals surface area contributed by atoms with Crippen LogP contribution in [0.1, 0.15) is 38.9 Å². The van der Waals surface area contributed by atoms with Crippen LogP contribution in [0.15, 0.2) is 12.4 Å². The Morgan fingerprint density at radius 3 is 2.90 bits per heavy atom. The summed E-state index contributed by atoms with van der Waals surface area (Å²) >= 11 is 0. The van der Waals surface area contributed by atoms with E-state index >= 15 is 0 Å². The van der Waals surface area contributed by atoms with Gasteiger partial charge < -0.3 is 9.88 Å². The molecule has 1 aliphatic rings. The van der Waals surface area contributed by atoms with Crippen LogP contribution in [-0.4, -0.2) is 40.6 Å². The standard InChI is InChI=1S/C16H30N4/c1-5-17-15-7-6-13(2)10-14(15)11-19(3)12-16-18-8-9-20(16)4/h8-9,13-15,17H,5-7,10-12H2,1-4H3. The first kappa shape index (κ1) is 15.5. The number of nitrogens with one attached hydrogen (secondary N) is 1. The van der Waals surface area contributed by atoms with Gasteiger partial charge in [-0.3, -0.25) is 4.90 Å². The Morgan fingerprint density at radius 1 is 1.45 bits per heavy atom. The molecule has 4 heteroatoms. The third-order valence-corrected chi connectivity index (χ3v) is 4.59. The van der Waals surface area contributed by atoms with E-state index < -0.39 is 0 Å². The highest BCUT2D eigenvalue weighted by Crippen LogP contribution is 2.29. The molecule has 1 N–H and O–H groups in total. The van der Waals surface area contributed by atoms with Crippen molar-refractivity contribution >= 4 is 0 Å². The van der Waals surface area contributed by atoms with E-state index in [1.807, 2.05) is 12.4 Å². The van der Waals surface area contributed by atoms with E-state index in [2.05, 4.69) is 47.7 Å². The molecule has 0 spiro atoms. The van der Waals surface area contributed by atoms with E-state index in [1.165, 1.54) is 19.3 Å². The fourth-order valence-electron chi connectivity index (χ4n) is 3.49. The van der Waals surface area contributed by atoms with Gasteiger partial charge >= 0.3 is 0 Å². The molecular formula is C16H30N4. The van der Waals surface area contributed by atoms with Gasteiger partial charge in [-0.1, -0.05) is 13.8 Å². The Balaban J connectivity index is 1.90. The van der Waals surface area contributed by atoms with Gasteiger partial charge in [0, 0.05) is 32.0 Å². The van der Waals surface area contributed by atoms with E-state index in [-0.39, 0.29) is 0 Å². The van der Waals surface area contributed by atoms with Gasteiger partial charge in [0.05, 0.1) is 6.54 Å². The summed E-state index contributed by atoms with van der Waals surface area (Å²) < 4.78 is 2.11. The van der Waals surface area contributed by atoms with Gasteiger partial charge in [-0.25, -0.2) is 4.98 Å². The van der Waals surface area contributed by atoms with Gasteiger partial charge in [-0.05, 0) is 44.7 Å². The highest BCUT2D eigenvalue weighted by molar-refractivity contribution is 4.92. The first-order valence-electron chi connectivity index (χ1n) is 7.98. The number of rotatable bonds is 6. The molecule has 20 heavy (non-hydrogen) atoms. The van der Waals surface area contributed by atoms with Gasteiger partial charge in [-0.2, -0.15) is 0 Å². The molecule has 4 nitrogen and oxygen atoms in total. The minimum absolute atomic E-state index is 0.694. The van der Waals surface area contributed by atoms with Gasteiger partial charge in [0.2, 0.25) is 0 Å². The topological polar surface area (TPSA) is 33.1 Å². The Bertz CT molecular complexity index is 401. The first-order valence-corrected chi connectivity index (χ1v) is 7.98. The van der Waals surface area contributed by atoms with Crippen molar-refractivity contribution in [2.75, 3.05) is 20.1 Å². The second-order valence-electron chi connectivity index (χ2n) is 6.49. The second kappa shape index (κ2) is 7.23. The van der Waals surface area contributed by atoms with Crippen molar-refractivity contribution in [3.8, 4) is 0 Å². The Hall–Kier alpha value is -0.870. The van der Waals surface area contributed by atoms with Crippen LogP contribution < -0.4 is 5.32 Å². The molecule has 1 aromatic rings. The summed E-state index contributed by atoms with van der Waals surface area (Å²) in [6, 6.07) is 0.694. The van der Waals surface area contributed by atoms with E-state index in [0.717, 1.165) is 37.3 Å². The summed E-state index contributed by atoms with van der Waals surface area (Å²) in [5.41, 5.74) is 0. The van der Waals surface area contributed by atoms with Gasteiger partial charge in [0.25, 0.3) is 0 Å². The molecule has 0 aromatic carbocycles. The van der Waals surface area contributed by atoms with Crippen LogP contribution >= 0.6 is 0 Å². The zero-order valence-electron chi connectivity index (χ0n) is 13.5. The minimum Gasteiger partial charge on any atom is -0.337 e. The largest absolute Gasteiger partial charge is 0.337 e. The maximum Gasteiger partial charge on any atom is 0.122 e. The number of aryl methyl sites for hydroxylation is 1. The summed E-state index contributed by atoms with van der Waals surface area (Å²) in [7, 11) is 4.29. The minimum atomic E-state index is 0.694. The molecule has 1 heterocycles. The molecule has 3 atom stereocenters. The Morgan fingerprint density at radius 2 is 2.25 bits per heavy atom. The van der Waals surface area contributed by atoms with Gasteiger partial charge in [0.15, 0.2) is 0 Å². The van der Waals surface area contributed by atoms with Crippen molar-refractivity contribution in [3.63, 3.8) is 0 Å². The lowest BCUT2D eigenvalue weighted by atomic mass is 9.78. The molecule has 0 aliphatic heterocycles. The van der Waals surface area contributed by atoms with Crippen molar-refractivity contribution in [2.24, 2.45) is 18.9 Å². The third kappa shape index (κ3) is 4.06. The van der Waals surface area contributed by atoms with Crippen LogP contribution in [0.2, 0.25) is 0 Å². The zero-order chi connectivity index (χ0) is 14.5. The van der Waals surface area contributed by atoms with Crippen molar-refractivity contribution in [1.29, 1.82) is 0 Å². The maximum atomic E-state index is 4.42.